The van der Waals surface area contributed by atoms with Gasteiger partial charge in [-0.15, -0.1) is 0 Å². The molecule has 0 aliphatic heterocycles. The molecule has 0 saturated carbocycles. The highest BCUT2D eigenvalue weighted by Gasteiger charge is 2.12. The van der Waals surface area contributed by atoms with Crippen molar-refractivity contribution < 1.29 is 5.11 Å². The SMILES string of the molecule is O=c1[nH]c(O)c(Cc2c(Cl)cccc2Cl)s1. The number of rotatable bonds is 2. The number of aromatic nitrogens is 1. The Bertz CT molecular complexity index is 556. The van der Waals surface area contributed by atoms with E-state index in [1.807, 2.05) is 0 Å². The normalized spacial score (nSPS) is 10.6. The molecule has 2 rings (SSSR count). The molecule has 16 heavy (non-hydrogen) atoms. The van der Waals surface area contributed by atoms with E-state index in [1.165, 1.54) is 0 Å². The summed E-state index contributed by atoms with van der Waals surface area (Å²) in [5.41, 5.74) is 0.705. The van der Waals surface area contributed by atoms with E-state index in [9.17, 15) is 9.90 Å². The first-order valence-corrected chi connectivity index (χ1v) is 5.99. The topological polar surface area (TPSA) is 53.1 Å². The summed E-state index contributed by atoms with van der Waals surface area (Å²) in [6, 6.07) is 5.18. The fraction of sp³-hybridized carbons (Fsp3) is 0.100. The van der Waals surface area contributed by atoms with Crippen molar-refractivity contribution in [3.63, 3.8) is 0 Å². The molecule has 2 N–H and O–H groups in total. The van der Waals surface area contributed by atoms with Crippen LogP contribution in [0.25, 0.3) is 0 Å². The summed E-state index contributed by atoms with van der Waals surface area (Å²) in [4.78, 5) is 13.5. The van der Waals surface area contributed by atoms with Gasteiger partial charge in [0.2, 0.25) is 5.88 Å². The zero-order valence-electron chi connectivity index (χ0n) is 7.96. The number of thiazole rings is 1. The van der Waals surface area contributed by atoms with Gasteiger partial charge in [0.25, 0.3) is 0 Å². The van der Waals surface area contributed by atoms with Gasteiger partial charge in [0.05, 0.1) is 4.88 Å². The van der Waals surface area contributed by atoms with Crippen LogP contribution < -0.4 is 4.87 Å². The van der Waals surface area contributed by atoms with Crippen molar-refractivity contribution in [2.45, 2.75) is 6.42 Å². The second-order valence-corrected chi connectivity index (χ2v) is 5.05. The van der Waals surface area contributed by atoms with Crippen LogP contribution in [0.5, 0.6) is 5.88 Å². The Hall–Kier alpha value is -0.970. The van der Waals surface area contributed by atoms with Gasteiger partial charge in [0.15, 0.2) is 0 Å². The lowest BCUT2D eigenvalue weighted by Crippen LogP contribution is -1.89. The van der Waals surface area contributed by atoms with Crippen LogP contribution in [0.1, 0.15) is 10.4 Å². The van der Waals surface area contributed by atoms with E-state index in [-0.39, 0.29) is 10.8 Å². The summed E-state index contributed by atoms with van der Waals surface area (Å²) in [6.07, 6.45) is 0.341. The summed E-state index contributed by atoms with van der Waals surface area (Å²) in [5.74, 6) is -0.119. The first kappa shape index (κ1) is 11.5. The quantitative estimate of drug-likeness (QED) is 0.885. The highest BCUT2D eigenvalue weighted by atomic mass is 35.5. The van der Waals surface area contributed by atoms with Crippen molar-refractivity contribution in [1.29, 1.82) is 0 Å². The molecule has 0 saturated heterocycles. The first-order chi connectivity index (χ1) is 7.58. The molecule has 0 spiro atoms. The fourth-order valence-electron chi connectivity index (χ4n) is 1.33. The van der Waals surface area contributed by atoms with Gasteiger partial charge in [0.1, 0.15) is 0 Å². The first-order valence-electron chi connectivity index (χ1n) is 4.42. The Morgan fingerprint density at radius 2 is 1.94 bits per heavy atom. The molecule has 84 valence electrons. The lowest BCUT2D eigenvalue weighted by Gasteiger charge is -2.04. The van der Waals surface area contributed by atoms with Crippen LogP contribution in [0.4, 0.5) is 0 Å². The summed E-state index contributed by atoms with van der Waals surface area (Å²) in [7, 11) is 0. The standard InChI is InChI=1S/C10H7Cl2NO2S/c11-6-2-1-3-7(12)5(6)4-8-9(14)13-10(15)16-8/h1-3,14H,4H2,(H,13,15). The Balaban J connectivity index is 2.41. The molecule has 0 fully saturated rings. The van der Waals surface area contributed by atoms with Crippen LogP contribution in [0, 0.1) is 0 Å². The molecule has 3 nitrogen and oxygen atoms in total. The Morgan fingerprint density at radius 1 is 1.31 bits per heavy atom. The average molecular weight is 276 g/mol. The fourth-order valence-corrected chi connectivity index (χ4v) is 2.60. The van der Waals surface area contributed by atoms with E-state index in [4.69, 9.17) is 23.2 Å². The minimum atomic E-state index is -0.296. The van der Waals surface area contributed by atoms with Gasteiger partial charge in [-0.25, -0.2) is 0 Å². The molecule has 0 atom stereocenters. The van der Waals surface area contributed by atoms with Crippen molar-refractivity contribution in [2.75, 3.05) is 0 Å². The Labute approximate surface area is 105 Å². The second kappa shape index (κ2) is 4.49. The van der Waals surface area contributed by atoms with E-state index < -0.39 is 0 Å². The third-order valence-electron chi connectivity index (χ3n) is 2.10. The van der Waals surface area contributed by atoms with E-state index in [0.717, 1.165) is 11.3 Å². The van der Waals surface area contributed by atoms with Crippen LogP contribution in [0.2, 0.25) is 10.0 Å². The van der Waals surface area contributed by atoms with Gasteiger partial charge >= 0.3 is 4.87 Å². The van der Waals surface area contributed by atoms with Gasteiger partial charge in [-0.05, 0) is 17.7 Å². The highest BCUT2D eigenvalue weighted by Crippen LogP contribution is 2.29. The number of H-pyrrole nitrogens is 1. The Kier molecular flexibility index (Phi) is 3.23. The maximum absolute atomic E-state index is 11.0. The molecule has 0 unspecified atom stereocenters. The molecular formula is C10H7Cl2NO2S. The zero-order chi connectivity index (χ0) is 11.7. The highest BCUT2D eigenvalue weighted by molar-refractivity contribution is 7.09. The molecule has 0 amide bonds. The van der Waals surface area contributed by atoms with Crippen LogP contribution in [0.15, 0.2) is 23.0 Å². The molecule has 6 heteroatoms. The average Bonchev–Trinajstić information content (AvgIpc) is 2.51. The summed E-state index contributed by atoms with van der Waals surface area (Å²) in [6.45, 7) is 0. The molecule has 0 radical (unpaired) electrons. The number of hydrogen-bond donors (Lipinski definition) is 2. The number of nitrogens with one attached hydrogen (secondary N) is 1. The van der Waals surface area contributed by atoms with Crippen LogP contribution in [-0.4, -0.2) is 10.1 Å². The number of aromatic hydroxyl groups is 1. The van der Waals surface area contributed by atoms with Crippen molar-refractivity contribution >= 4 is 34.5 Å². The van der Waals surface area contributed by atoms with E-state index in [1.54, 1.807) is 18.2 Å². The molecular weight excluding hydrogens is 269 g/mol. The minimum absolute atomic E-state index is 0.119. The van der Waals surface area contributed by atoms with Gasteiger partial charge in [0, 0.05) is 16.5 Å². The summed E-state index contributed by atoms with van der Waals surface area (Å²) in [5, 5.41) is 10.5. The molecule has 1 aromatic heterocycles. The summed E-state index contributed by atoms with van der Waals surface area (Å²) < 4.78 is 0. The van der Waals surface area contributed by atoms with Crippen molar-refractivity contribution in [2.24, 2.45) is 0 Å². The maximum atomic E-state index is 11.0. The molecule has 0 bridgehead atoms. The largest absolute Gasteiger partial charge is 0.494 e. The van der Waals surface area contributed by atoms with Crippen LogP contribution in [-0.2, 0) is 6.42 Å². The van der Waals surface area contributed by atoms with Gasteiger partial charge in [-0.2, -0.15) is 0 Å². The minimum Gasteiger partial charge on any atom is -0.494 e. The van der Waals surface area contributed by atoms with E-state index in [0.29, 0.717) is 26.9 Å². The summed E-state index contributed by atoms with van der Waals surface area (Å²) >= 11 is 12.9. The molecule has 0 aliphatic rings. The van der Waals surface area contributed by atoms with Crippen molar-refractivity contribution in [3.05, 3.63) is 48.4 Å². The lowest BCUT2D eigenvalue weighted by molar-refractivity contribution is 0.451. The van der Waals surface area contributed by atoms with Gasteiger partial charge < -0.3 is 5.11 Å². The number of hydrogen-bond acceptors (Lipinski definition) is 3. The molecule has 1 aromatic carbocycles. The van der Waals surface area contributed by atoms with E-state index in [2.05, 4.69) is 4.98 Å². The monoisotopic (exact) mass is 275 g/mol. The number of halogens is 2. The second-order valence-electron chi connectivity index (χ2n) is 3.16. The molecule has 0 aliphatic carbocycles. The Morgan fingerprint density at radius 3 is 2.44 bits per heavy atom. The smallest absolute Gasteiger partial charge is 0.307 e. The lowest BCUT2D eigenvalue weighted by atomic mass is 10.1. The number of aromatic amines is 1. The van der Waals surface area contributed by atoms with Crippen molar-refractivity contribution in [1.82, 2.24) is 4.98 Å². The molecule has 2 aromatic rings. The third kappa shape index (κ3) is 2.24. The van der Waals surface area contributed by atoms with Gasteiger partial charge in [-0.1, -0.05) is 40.6 Å². The molecule has 1 heterocycles. The zero-order valence-corrected chi connectivity index (χ0v) is 10.3. The van der Waals surface area contributed by atoms with Crippen LogP contribution >= 0.6 is 34.5 Å². The van der Waals surface area contributed by atoms with Gasteiger partial charge in [-0.3, -0.25) is 9.78 Å². The number of benzene rings is 1. The predicted octanol–water partition coefficient (Wildman–Crippen LogP) is 3.04. The predicted molar refractivity (Wildman–Crippen MR) is 65.9 cm³/mol. The van der Waals surface area contributed by atoms with Crippen LogP contribution in [0.3, 0.4) is 0 Å². The van der Waals surface area contributed by atoms with E-state index >= 15 is 0 Å². The third-order valence-corrected chi connectivity index (χ3v) is 3.68. The van der Waals surface area contributed by atoms with Crippen molar-refractivity contribution in [3.8, 4) is 5.88 Å². The maximum Gasteiger partial charge on any atom is 0.307 e.